The van der Waals surface area contributed by atoms with Crippen LogP contribution in [0, 0.1) is 11.8 Å². The van der Waals surface area contributed by atoms with Gasteiger partial charge < -0.3 is 14.5 Å². The number of amides is 1. The largest absolute Gasteiger partial charge is 0.466 e. The Kier molecular flexibility index (Phi) is 5.07. The van der Waals surface area contributed by atoms with E-state index in [0.29, 0.717) is 13.2 Å². The van der Waals surface area contributed by atoms with Gasteiger partial charge in [-0.25, -0.2) is 0 Å². The summed E-state index contributed by atoms with van der Waals surface area (Å²) in [5, 5.41) is 0. The molecule has 0 bridgehead atoms. The molecule has 1 amide bonds. The minimum Gasteiger partial charge on any atom is -0.466 e. The first kappa shape index (κ1) is 16.8. The molecule has 0 aromatic heterocycles. The monoisotopic (exact) mass is 330 g/mol. The molecule has 130 valence electrons. The lowest BCUT2D eigenvalue weighted by atomic mass is 9.99. The maximum absolute atomic E-state index is 12.2. The predicted molar refractivity (Wildman–Crippen MR) is 94.1 cm³/mol. The summed E-state index contributed by atoms with van der Waals surface area (Å²) < 4.78 is 5.04. The van der Waals surface area contributed by atoms with Crippen LogP contribution in [0.25, 0.3) is 0 Å². The zero-order valence-corrected chi connectivity index (χ0v) is 14.5. The first-order valence-electron chi connectivity index (χ1n) is 8.90. The summed E-state index contributed by atoms with van der Waals surface area (Å²) in [4.78, 5) is 28.2. The summed E-state index contributed by atoms with van der Waals surface area (Å²) >= 11 is 0. The number of carbonyl (C=O) groups is 2. The summed E-state index contributed by atoms with van der Waals surface area (Å²) in [6.07, 6.45) is 2.70. The van der Waals surface area contributed by atoms with Crippen LogP contribution in [0.15, 0.2) is 24.3 Å². The molecule has 1 aromatic rings. The highest BCUT2D eigenvalue weighted by Gasteiger charge is 2.36. The van der Waals surface area contributed by atoms with E-state index in [-0.39, 0.29) is 24.2 Å². The normalized spacial score (nSPS) is 22.1. The first-order valence-corrected chi connectivity index (χ1v) is 8.90. The quantitative estimate of drug-likeness (QED) is 0.797. The predicted octanol–water partition coefficient (Wildman–Crippen LogP) is 2.84. The average molecular weight is 330 g/mol. The first-order chi connectivity index (χ1) is 11.6. The van der Waals surface area contributed by atoms with E-state index in [2.05, 4.69) is 24.0 Å². The molecule has 3 rings (SSSR count). The Morgan fingerprint density at radius 1 is 1.17 bits per heavy atom. The topological polar surface area (TPSA) is 49.9 Å². The number of benzene rings is 1. The summed E-state index contributed by atoms with van der Waals surface area (Å²) in [6.45, 7) is 7.04. The van der Waals surface area contributed by atoms with Crippen molar-refractivity contribution < 1.29 is 14.3 Å². The van der Waals surface area contributed by atoms with Crippen LogP contribution >= 0.6 is 0 Å². The number of esters is 1. The minimum atomic E-state index is -0.347. The van der Waals surface area contributed by atoms with Crippen molar-refractivity contribution in [1.29, 1.82) is 0 Å². The average Bonchev–Trinajstić information content (AvgIpc) is 2.98. The Bertz CT molecular complexity index is 591. The van der Waals surface area contributed by atoms with Crippen molar-refractivity contribution in [3.63, 3.8) is 0 Å². The molecule has 0 radical (unpaired) electrons. The van der Waals surface area contributed by atoms with E-state index in [4.69, 9.17) is 4.74 Å². The lowest BCUT2D eigenvalue weighted by molar-refractivity contribution is -0.147. The molecule has 2 heterocycles. The molecule has 0 N–H and O–H groups in total. The number of anilines is 2. The van der Waals surface area contributed by atoms with Crippen molar-refractivity contribution in [2.24, 2.45) is 11.8 Å². The third-order valence-corrected chi connectivity index (χ3v) is 5.06. The summed E-state index contributed by atoms with van der Waals surface area (Å²) in [7, 11) is 0. The summed E-state index contributed by atoms with van der Waals surface area (Å²) in [5.74, 6) is 0.184. The van der Waals surface area contributed by atoms with Crippen molar-refractivity contribution in [2.75, 3.05) is 36.0 Å². The number of rotatable bonds is 4. The van der Waals surface area contributed by atoms with Gasteiger partial charge in [-0.05, 0) is 49.9 Å². The molecule has 0 spiro atoms. The standard InChI is InChI=1S/C19H26N2O3/c1-3-24-19(23)15-12-18(22)21(13-15)17-6-4-16(5-7-17)20-10-8-14(2)9-11-20/h4-7,14-15H,3,8-13H2,1-2H3/t15-/m1/s1. The highest BCUT2D eigenvalue weighted by molar-refractivity contribution is 5.99. The molecule has 0 aliphatic carbocycles. The van der Waals surface area contributed by atoms with E-state index in [1.54, 1.807) is 11.8 Å². The molecule has 2 saturated heterocycles. The van der Waals surface area contributed by atoms with Gasteiger partial charge in [0, 0.05) is 37.4 Å². The molecule has 2 aliphatic heterocycles. The highest BCUT2D eigenvalue weighted by atomic mass is 16.5. The van der Waals surface area contributed by atoms with Gasteiger partial charge in [0.25, 0.3) is 0 Å². The van der Waals surface area contributed by atoms with Crippen LogP contribution in [0.5, 0.6) is 0 Å². The van der Waals surface area contributed by atoms with Gasteiger partial charge in [0.15, 0.2) is 0 Å². The third-order valence-electron chi connectivity index (χ3n) is 5.06. The fraction of sp³-hybridized carbons (Fsp3) is 0.579. The number of carbonyl (C=O) groups excluding carboxylic acids is 2. The van der Waals surface area contributed by atoms with Gasteiger partial charge in [-0.15, -0.1) is 0 Å². The molecular formula is C19H26N2O3. The van der Waals surface area contributed by atoms with Gasteiger partial charge >= 0.3 is 5.97 Å². The molecule has 0 saturated carbocycles. The highest BCUT2D eigenvalue weighted by Crippen LogP contribution is 2.29. The lowest BCUT2D eigenvalue weighted by Gasteiger charge is -2.32. The number of hydrogen-bond acceptors (Lipinski definition) is 4. The van der Waals surface area contributed by atoms with Gasteiger partial charge in [0.05, 0.1) is 12.5 Å². The van der Waals surface area contributed by atoms with E-state index >= 15 is 0 Å². The van der Waals surface area contributed by atoms with Gasteiger partial charge in [0.1, 0.15) is 0 Å². The van der Waals surface area contributed by atoms with Crippen LogP contribution in [0.1, 0.15) is 33.1 Å². The van der Waals surface area contributed by atoms with Crippen LogP contribution in [0.2, 0.25) is 0 Å². The summed E-state index contributed by atoms with van der Waals surface area (Å²) in [6, 6.07) is 8.13. The molecule has 24 heavy (non-hydrogen) atoms. The van der Waals surface area contributed by atoms with E-state index in [0.717, 1.165) is 24.7 Å². The Labute approximate surface area is 143 Å². The Balaban J connectivity index is 1.65. The second-order valence-electron chi connectivity index (χ2n) is 6.84. The van der Waals surface area contributed by atoms with E-state index < -0.39 is 0 Å². The van der Waals surface area contributed by atoms with Gasteiger partial charge in [-0.1, -0.05) is 6.92 Å². The molecule has 2 aliphatic rings. The van der Waals surface area contributed by atoms with Crippen molar-refractivity contribution in [3.8, 4) is 0 Å². The fourth-order valence-electron chi connectivity index (χ4n) is 3.49. The van der Waals surface area contributed by atoms with E-state index in [1.165, 1.54) is 18.5 Å². The SMILES string of the molecule is CCOC(=O)[C@@H]1CC(=O)N(c2ccc(N3CCC(C)CC3)cc2)C1. The Morgan fingerprint density at radius 2 is 1.79 bits per heavy atom. The van der Waals surface area contributed by atoms with E-state index in [1.807, 2.05) is 12.1 Å². The zero-order chi connectivity index (χ0) is 17.1. The smallest absolute Gasteiger partial charge is 0.311 e. The van der Waals surface area contributed by atoms with Crippen molar-refractivity contribution in [3.05, 3.63) is 24.3 Å². The molecule has 1 atom stereocenters. The van der Waals surface area contributed by atoms with Crippen LogP contribution in [-0.4, -0.2) is 38.1 Å². The molecular weight excluding hydrogens is 304 g/mol. The Morgan fingerprint density at radius 3 is 2.42 bits per heavy atom. The zero-order valence-electron chi connectivity index (χ0n) is 14.5. The number of hydrogen-bond donors (Lipinski definition) is 0. The molecule has 2 fully saturated rings. The van der Waals surface area contributed by atoms with Crippen LogP contribution in [0.4, 0.5) is 11.4 Å². The maximum atomic E-state index is 12.2. The molecule has 1 aromatic carbocycles. The third kappa shape index (κ3) is 3.55. The molecule has 5 nitrogen and oxygen atoms in total. The second kappa shape index (κ2) is 7.24. The van der Waals surface area contributed by atoms with Gasteiger partial charge in [-0.2, -0.15) is 0 Å². The van der Waals surface area contributed by atoms with Crippen LogP contribution in [0.3, 0.4) is 0 Å². The fourth-order valence-corrected chi connectivity index (χ4v) is 3.49. The number of piperidine rings is 1. The summed E-state index contributed by atoms with van der Waals surface area (Å²) in [5.41, 5.74) is 2.07. The molecule has 0 unspecified atom stereocenters. The van der Waals surface area contributed by atoms with Gasteiger partial charge in [0.2, 0.25) is 5.91 Å². The molecule has 5 heteroatoms. The van der Waals surface area contributed by atoms with Gasteiger partial charge in [-0.3, -0.25) is 9.59 Å². The lowest BCUT2D eigenvalue weighted by Crippen LogP contribution is -2.32. The van der Waals surface area contributed by atoms with E-state index in [9.17, 15) is 9.59 Å². The Hall–Kier alpha value is -2.04. The van der Waals surface area contributed by atoms with Crippen LogP contribution < -0.4 is 9.80 Å². The second-order valence-corrected chi connectivity index (χ2v) is 6.84. The van der Waals surface area contributed by atoms with Crippen molar-refractivity contribution in [1.82, 2.24) is 0 Å². The van der Waals surface area contributed by atoms with Crippen molar-refractivity contribution >= 4 is 23.3 Å². The van der Waals surface area contributed by atoms with Crippen LogP contribution in [-0.2, 0) is 14.3 Å². The maximum Gasteiger partial charge on any atom is 0.311 e. The van der Waals surface area contributed by atoms with Crippen molar-refractivity contribution in [2.45, 2.75) is 33.1 Å². The number of ether oxygens (including phenoxy) is 1. The minimum absolute atomic E-state index is 0.00685. The number of nitrogens with zero attached hydrogens (tertiary/aromatic N) is 2.